The molecular formula is C24H32N2O4S. The van der Waals surface area contributed by atoms with Gasteiger partial charge in [0.1, 0.15) is 11.5 Å². The minimum absolute atomic E-state index is 0.279. The molecule has 0 bridgehead atoms. The zero-order chi connectivity index (χ0) is 21.8. The van der Waals surface area contributed by atoms with E-state index in [0.717, 1.165) is 37.6 Å². The fourth-order valence-electron chi connectivity index (χ4n) is 4.49. The van der Waals surface area contributed by atoms with E-state index in [4.69, 9.17) is 9.47 Å². The number of benzene rings is 2. The minimum atomic E-state index is -2.81. The molecule has 2 aliphatic rings. The number of hydrogen-bond donors (Lipinski definition) is 0. The van der Waals surface area contributed by atoms with Crippen molar-refractivity contribution in [2.45, 2.75) is 18.9 Å². The number of methoxy groups -OCH3 is 1. The topological polar surface area (TPSA) is 59.1 Å². The van der Waals surface area contributed by atoms with Crippen LogP contribution in [0, 0.1) is 0 Å². The summed E-state index contributed by atoms with van der Waals surface area (Å²) in [5.41, 5.74) is 3.98. The molecule has 7 heteroatoms. The Bertz CT molecular complexity index is 977. The Morgan fingerprint density at radius 1 is 1.03 bits per heavy atom. The van der Waals surface area contributed by atoms with Crippen LogP contribution in [0.5, 0.6) is 11.5 Å². The lowest BCUT2D eigenvalue weighted by Gasteiger charge is -2.33. The zero-order valence-electron chi connectivity index (χ0n) is 18.4. The number of likely N-dealkylation sites (N-methyl/N-ethyl adjacent to an activating group) is 1. The average Bonchev–Trinajstić information content (AvgIpc) is 2.77. The van der Waals surface area contributed by atoms with E-state index in [2.05, 4.69) is 47.2 Å². The number of ether oxygens (including phenoxy) is 2. The van der Waals surface area contributed by atoms with Gasteiger partial charge in [-0.05, 0) is 54.4 Å². The predicted molar refractivity (Wildman–Crippen MR) is 123 cm³/mol. The van der Waals surface area contributed by atoms with E-state index in [1.807, 2.05) is 12.1 Å². The fourth-order valence-corrected chi connectivity index (χ4v) is 5.76. The molecule has 1 fully saturated rings. The molecule has 2 aliphatic heterocycles. The van der Waals surface area contributed by atoms with Crippen molar-refractivity contribution in [3.05, 3.63) is 59.2 Å². The highest BCUT2D eigenvalue weighted by Crippen LogP contribution is 2.35. The molecule has 31 heavy (non-hydrogen) atoms. The van der Waals surface area contributed by atoms with Crippen molar-refractivity contribution in [1.82, 2.24) is 9.80 Å². The highest BCUT2D eigenvalue weighted by atomic mass is 32.2. The maximum absolute atomic E-state index is 11.5. The van der Waals surface area contributed by atoms with E-state index in [9.17, 15) is 8.42 Å². The van der Waals surface area contributed by atoms with Crippen molar-refractivity contribution < 1.29 is 17.9 Å². The maximum atomic E-state index is 11.5. The molecule has 4 rings (SSSR count). The van der Waals surface area contributed by atoms with E-state index in [1.54, 1.807) is 7.11 Å². The molecule has 1 atom stereocenters. The lowest BCUT2D eigenvalue weighted by Crippen LogP contribution is -2.40. The van der Waals surface area contributed by atoms with E-state index in [0.29, 0.717) is 25.6 Å². The van der Waals surface area contributed by atoms with Crippen LogP contribution in [-0.2, 0) is 16.4 Å². The summed E-state index contributed by atoms with van der Waals surface area (Å²) in [7, 11) is 1.04. The lowest BCUT2D eigenvalue weighted by molar-refractivity contribution is 0.245. The van der Waals surface area contributed by atoms with E-state index in [-0.39, 0.29) is 11.5 Å². The Morgan fingerprint density at radius 2 is 1.74 bits per heavy atom. The van der Waals surface area contributed by atoms with Crippen LogP contribution in [0.1, 0.15) is 29.0 Å². The number of rotatable bonds is 7. The Morgan fingerprint density at radius 3 is 2.45 bits per heavy atom. The monoisotopic (exact) mass is 444 g/mol. The van der Waals surface area contributed by atoms with Crippen molar-refractivity contribution in [3.8, 4) is 11.5 Å². The Balaban J connectivity index is 1.35. The molecule has 0 amide bonds. The number of hydrogen-bond acceptors (Lipinski definition) is 6. The third kappa shape index (κ3) is 5.59. The maximum Gasteiger partial charge on any atom is 0.152 e. The second kappa shape index (κ2) is 9.59. The van der Waals surface area contributed by atoms with Crippen LogP contribution in [0.15, 0.2) is 42.5 Å². The third-order valence-corrected chi connectivity index (χ3v) is 7.88. The first-order valence-electron chi connectivity index (χ1n) is 10.9. The summed E-state index contributed by atoms with van der Waals surface area (Å²) in [6, 6.07) is 14.8. The van der Waals surface area contributed by atoms with Crippen molar-refractivity contribution in [1.29, 1.82) is 0 Å². The van der Waals surface area contributed by atoms with Crippen LogP contribution in [0.2, 0.25) is 0 Å². The van der Waals surface area contributed by atoms with Crippen molar-refractivity contribution in [2.75, 3.05) is 58.4 Å². The van der Waals surface area contributed by atoms with Crippen LogP contribution in [-0.4, -0.2) is 76.7 Å². The van der Waals surface area contributed by atoms with Gasteiger partial charge in [-0.15, -0.1) is 0 Å². The quantitative estimate of drug-likeness (QED) is 0.612. The molecular weight excluding hydrogens is 412 g/mol. The molecule has 6 nitrogen and oxygen atoms in total. The van der Waals surface area contributed by atoms with Gasteiger partial charge in [0.05, 0.1) is 25.2 Å². The molecule has 0 aromatic heterocycles. The second-order valence-electron chi connectivity index (χ2n) is 8.58. The molecule has 0 saturated carbocycles. The standard InChI is InChI=1S/C24H32N2O4S/c1-25-17-20-16-22(30-13-3-10-26-11-14-31(27,28)15-12-26)8-9-23(20)24(18-25)19-4-6-21(29-2)7-5-19/h4-9,16,24H,3,10-15,17-18H2,1-2H3. The molecule has 0 aliphatic carbocycles. The summed E-state index contributed by atoms with van der Waals surface area (Å²) in [6.07, 6.45) is 0.894. The average molecular weight is 445 g/mol. The van der Waals surface area contributed by atoms with Crippen LogP contribution < -0.4 is 9.47 Å². The fraction of sp³-hybridized carbons (Fsp3) is 0.500. The van der Waals surface area contributed by atoms with Gasteiger partial charge >= 0.3 is 0 Å². The van der Waals surface area contributed by atoms with Crippen LogP contribution in [0.4, 0.5) is 0 Å². The summed E-state index contributed by atoms with van der Waals surface area (Å²) in [5, 5.41) is 0. The minimum Gasteiger partial charge on any atom is -0.497 e. The lowest BCUT2D eigenvalue weighted by atomic mass is 9.84. The SMILES string of the molecule is COc1ccc(C2CN(C)Cc3cc(OCCCN4CCS(=O)(=O)CC4)ccc32)cc1. The van der Waals surface area contributed by atoms with Crippen LogP contribution in [0.3, 0.4) is 0 Å². The predicted octanol–water partition coefficient (Wildman–Crippen LogP) is 2.77. The summed E-state index contributed by atoms with van der Waals surface area (Å²) in [6.45, 7) is 4.70. The van der Waals surface area contributed by atoms with Gasteiger partial charge in [-0.2, -0.15) is 0 Å². The molecule has 0 spiro atoms. The first-order valence-corrected chi connectivity index (χ1v) is 12.8. The Kier molecular flexibility index (Phi) is 6.84. The van der Waals surface area contributed by atoms with Crippen molar-refractivity contribution in [3.63, 3.8) is 0 Å². The van der Waals surface area contributed by atoms with Gasteiger partial charge in [0.25, 0.3) is 0 Å². The highest BCUT2D eigenvalue weighted by molar-refractivity contribution is 7.91. The molecule has 0 N–H and O–H groups in total. The van der Waals surface area contributed by atoms with Gasteiger partial charge in [-0.25, -0.2) is 8.42 Å². The molecule has 1 unspecified atom stereocenters. The third-order valence-electron chi connectivity index (χ3n) is 6.27. The number of nitrogens with zero attached hydrogens (tertiary/aromatic N) is 2. The number of fused-ring (bicyclic) bond motifs is 1. The Labute approximate surface area is 185 Å². The molecule has 2 heterocycles. The summed E-state index contributed by atoms with van der Waals surface area (Å²) < 4.78 is 34.4. The van der Waals surface area contributed by atoms with Gasteiger partial charge < -0.3 is 19.3 Å². The van der Waals surface area contributed by atoms with Gasteiger partial charge in [0, 0.05) is 38.6 Å². The molecule has 1 saturated heterocycles. The van der Waals surface area contributed by atoms with Gasteiger partial charge in [-0.1, -0.05) is 18.2 Å². The Hall–Kier alpha value is -2.09. The molecule has 0 radical (unpaired) electrons. The van der Waals surface area contributed by atoms with E-state index < -0.39 is 9.84 Å². The first-order chi connectivity index (χ1) is 14.9. The van der Waals surface area contributed by atoms with Crippen LogP contribution in [0.25, 0.3) is 0 Å². The van der Waals surface area contributed by atoms with Gasteiger partial charge in [0.2, 0.25) is 0 Å². The van der Waals surface area contributed by atoms with E-state index >= 15 is 0 Å². The smallest absolute Gasteiger partial charge is 0.152 e. The molecule has 2 aromatic carbocycles. The van der Waals surface area contributed by atoms with Crippen LogP contribution >= 0.6 is 0 Å². The van der Waals surface area contributed by atoms with Crippen molar-refractivity contribution >= 4 is 9.84 Å². The highest BCUT2D eigenvalue weighted by Gasteiger charge is 2.25. The second-order valence-corrected chi connectivity index (χ2v) is 10.9. The zero-order valence-corrected chi connectivity index (χ0v) is 19.2. The van der Waals surface area contributed by atoms with Crippen molar-refractivity contribution in [2.24, 2.45) is 0 Å². The summed E-state index contributed by atoms with van der Waals surface area (Å²) in [4.78, 5) is 4.57. The molecule has 168 valence electrons. The largest absolute Gasteiger partial charge is 0.497 e. The van der Waals surface area contributed by atoms with E-state index in [1.165, 1.54) is 16.7 Å². The van der Waals surface area contributed by atoms with Gasteiger partial charge in [-0.3, -0.25) is 0 Å². The van der Waals surface area contributed by atoms with Gasteiger partial charge in [0.15, 0.2) is 9.84 Å². The summed E-state index contributed by atoms with van der Waals surface area (Å²) >= 11 is 0. The summed E-state index contributed by atoms with van der Waals surface area (Å²) in [5.74, 6) is 2.68. The number of sulfone groups is 1. The normalized spacial score (nSPS) is 21.4. The first kappa shape index (κ1) is 22.1. The molecule has 2 aromatic rings.